The second kappa shape index (κ2) is 9.36. The van der Waals surface area contributed by atoms with Crippen molar-refractivity contribution in [2.24, 2.45) is 11.7 Å². The Morgan fingerprint density at radius 1 is 1.03 bits per heavy atom. The number of aromatic amines is 1. The summed E-state index contributed by atoms with van der Waals surface area (Å²) in [5.41, 5.74) is 7.75. The van der Waals surface area contributed by atoms with Crippen molar-refractivity contribution < 1.29 is 13.2 Å². The van der Waals surface area contributed by atoms with E-state index in [0.29, 0.717) is 52.4 Å². The molecular formula is C25H24F3N9. The first-order valence-electron chi connectivity index (χ1n) is 12.0. The molecule has 0 atom stereocenters. The van der Waals surface area contributed by atoms with Gasteiger partial charge in [-0.25, -0.2) is 23.1 Å². The van der Waals surface area contributed by atoms with E-state index in [-0.39, 0.29) is 17.9 Å². The van der Waals surface area contributed by atoms with Crippen LogP contribution in [-0.2, 0) is 6.54 Å². The standard InChI is InChI=1S/C25H24F3N9/c26-15-2-1-3-16(10-15)37-13-31-22-23(30-12-19-32-18-5-4-17(27)20(28)21(18)33-19)34-25(35-24(22)37)36-8-6-14(11-29)7-9-36/h1-5,10,13-14H,6-9,11-12,29H2,(H,32,33)(H,30,34,35). The molecule has 5 aromatic rings. The average Bonchev–Trinajstić information content (AvgIpc) is 3.54. The lowest BCUT2D eigenvalue weighted by molar-refractivity contribution is 0.411. The van der Waals surface area contributed by atoms with Gasteiger partial charge in [0.05, 0.1) is 17.7 Å². The number of aromatic nitrogens is 6. The summed E-state index contributed by atoms with van der Waals surface area (Å²) in [6.45, 7) is 2.32. The number of nitrogens with one attached hydrogen (secondary N) is 2. The molecule has 190 valence electrons. The Labute approximate surface area is 209 Å². The van der Waals surface area contributed by atoms with E-state index < -0.39 is 11.6 Å². The number of rotatable bonds is 6. The van der Waals surface area contributed by atoms with Crippen molar-refractivity contribution in [1.82, 2.24) is 29.5 Å². The molecule has 4 N–H and O–H groups in total. The van der Waals surface area contributed by atoms with Crippen LogP contribution in [0.25, 0.3) is 27.9 Å². The molecular weight excluding hydrogens is 483 g/mol. The summed E-state index contributed by atoms with van der Waals surface area (Å²) in [5, 5.41) is 3.22. The van der Waals surface area contributed by atoms with Gasteiger partial charge in [0.2, 0.25) is 5.95 Å². The normalized spacial score (nSPS) is 14.6. The molecule has 4 heterocycles. The number of imidazole rings is 2. The molecule has 0 aliphatic carbocycles. The van der Waals surface area contributed by atoms with Crippen molar-refractivity contribution in [2.75, 3.05) is 29.9 Å². The highest BCUT2D eigenvalue weighted by molar-refractivity contribution is 5.85. The molecule has 0 radical (unpaired) electrons. The summed E-state index contributed by atoms with van der Waals surface area (Å²) in [7, 11) is 0. The molecule has 9 nitrogen and oxygen atoms in total. The van der Waals surface area contributed by atoms with E-state index in [1.807, 2.05) is 0 Å². The van der Waals surface area contributed by atoms with E-state index in [1.54, 1.807) is 23.0 Å². The predicted octanol–water partition coefficient (Wildman–Crippen LogP) is 3.90. The summed E-state index contributed by atoms with van der Waals surface area (Å²) < 4.78 is 43.4. The molecule has 6 rings (SSSR count). The van der Waals surface area contributed by atoms with E-state index in [2.05, 4.69) is 25.2 Å². The van der Waals surface area contributed by atoms with Gasteiger partial charge in [-0.15, -0.1) is 0 Å². The molecule has 0 amide bonds. The maximum atomic E-state index is 14.1. The zero-order valence-corrected chi connectivity index (χ0v) is 19.8. The van der Waals surface area contributed by atoms with E-state index >= 15 is 0 Å². The Kier molecular flexibility index (Phi) is 5.87. The fourth-order valence-corrected chi connectivity index (χ4v) is 4.66. The molecule has 37 heavy (non-hydrogen) atoms. The van der Waals surface area contributed by atoms with Gasteiger partial charge in [-0.2, -0.15) is 9.97 Å². The van der Waals surface area contributed by atoms with Gasteiger partial charge in [0.15, 0.2) is 28.6 Å². The van der Waals surface area contributed by atoms with Crippen molar-refractivity contribution in [1.29, 1.82) is 0 Å². The number of fused-ring (bicyclic) bond motifs is 2. The van der Waals surface area contributed by atoms with Crippen molar-refractivity contribution >= 4 is 34.0 Å². The van der Waals surface area contributed by atoms with Crippen molar-refractivity contribution in [3.05, 3.63) is 66.0 Å². The number of hydrogen-bond donors (Lipinski definition) is 3. The Bertz CT molecular complexity index is 1590. The lowest BCUT2D eigenvalue weighted by Gasteiger charge is -2.31. The topological polar surface area (TPSA) is 114 Å². The zero-order chi connectivity index (χ0) is 25.5. The predicted molar refractivity (Wildman–Crippen MR) is 134 cm³/mol. The minimum Gasteiger partial charge on any atom is -0.361 e. The van der Waals surface area contributed by atoms with Crippen molar-refractivity contribution in [2.45, 2.75) is 19.4 Å². The molecule has 1 aliphatic rings. The second-order valence-corrected chi connectivity index (χ2v) is 9.10. The Morgan fingerprint density at radius 3 is 2.65 bits per heavy atom. The van der Waals surface area contributed by atoms with Gasteiger partial charge in [0.1, 0.15) is 23.5 Å². The first-order chi connectivity index (χ1) is 18.0. The molecule has 1 fully saturated rings. The summed E-state index contributed by atoms with van der Waals surface area (Å²) in [4.78, 5) is 23.3. The molecule has 12 heteroatoms. The summed E-state index contributed by atoms with van der Waals surface area (Å²) >= 11 is 0. The molecule has 0 unspecified atom stereocenters. The van der Waals surface area contributed by atoms with Gasteiger partial charge in [-0.05, 0) is 55.6 Å². The summed E-state index contributed by atoms with van der Waals surface area (Å²) in [6, 6.07) is 8.67. The third-order valence-corrected chi connectivity index (χ3v) is 6.72. The lowest BCUT2D eigenvalue weighted by Crippen LogP contribution is -2.37. The van der Waals surface area contributed by atoms with Crippen LogP contribution in [0.4, 0.5) is 24.9 Å². The number of anilines is 2. The second-order valence-electron chi connectivity index (χ2n) is 9.10. The average molecular weight is 508 g/mol. The molecule has 2 aromatic carbocycles. The summed E-state index contributed by atoms with van der Waals surface area (Å²) in [6.07, 6.45) is 3.44. The first-order valence-corrected chi connectivity index (χ1v) is 12.0. The molecule has 0 saturated carbocycles. The maximum Gasteiger partial charge on any atom is 0.229 e. The van der Waals surface area contributed by atoms with Crippen LogP contribution in [0.3, 0.4) is 0 Å². The van der Waals surface area contributed by atoms with Crippen LogP contribution < -0.4 is 16.0 Å². The fourth-order valence-electron chi connectivity index (χ4n) is 4.66. The van der Waals surface area contributed by atoms with Gasteiger partial charge in [0, 0.05) is 13.1 Å². The highest BCUT2D eigenvalue weighted by Crippen LogP contribution is 2.28. The number of benzene rings is 2. The quantitative estimate of drug-likeness (QED) is 0.320. The number of H-pyrrole nitrogens is 1. The van der Waals surface area contributed by atoms with Crippen LogP contribution in [-0.4, -0.2) is 49.1 Å². The fraction of sp³-hybridized carbons (Fsp3) is 0.280. The molecule has 3 aromatic heterocycles. The third kappa shape index (κ3) is 4.33. The lowest BCUT2D eigenvalue weighted by atomic mass is 9.97. The van der Waals surface area contributed by atoms with E-state index in [0.717, 1.165) is 32.0 Å². The van der Waals surface area contributed by atoms with Crippen LogP contribution in [0.5, 0.6) is 0 Å². The highest BCUT2D eigenvalue weighted by Gasteiger charge is 2.23. The Balaban J connectivity index is 1.38. The minimum absolute atomic E-state index is 0.0662. The maximum absolute atomic E-state index is 14.1. The number of piperidine rings is 1. The van der Waals surface area contributed by atoms with Crippen LogP contribution >= 0.6 is 0 Å². The van der Waals surface area contributed by atoms with Crippen LogP contribution in [0.1, 0.15) is 18.7 Å². The minimum atomic E-state index is -0.999. The van der Waals surface area contributed by atoms with Crippen molar-refractivity contribution in [3.63, 3.8) is 0 Å². The van der Waals surface area contributed by atoms with E-state index in [1.165, 1.54) is 18.2 Å². The van der Waals surface area contributed by atoms with E-state index in [4.69, 9.17) is 15.7 Å². The molecule has 0 bridgehead atoms. The Hall–Kier alpha value is -4.19. The molecule has 0 spiro atoms. The monoisotopic (exact) mass is 507 g/mol. The third-order valence-electron chi connectivity index (χ3n) is 6.72. The zero-order valence-electron chi connectivity index (χ0n) is 19.8. The SMILES string of the molecule is NCC1CCN(c2nc(NCc3nc4c(F)c(F)ccc4[nH]3)c3ncn(-c4cccc(F)c4)c3n2)CC1. The highest BCUT2D eigenvalue weighted by atomic mass is 19.2. The first kappa shape index (κ1) is 23.2. The van der Waals surface area contributed by atoms with Gasteiger partial charge < -0.3 is 20.9 Å². The van der Waals surface area contributed by atoms with E-state index in [9.17, 15) is 13.2 Å². The number of halogens is 3. The van der Waals surface area contributed by atoms with Gasteiger partial charge in [0.25, 0.3) is 0 Å². The Morgan fingerprint density at radius 2 is 1.86 bits per heavy atom. The number of hydrogen-bond acceptors (Lipinski definition) is 7. The number of nitrogens with two attached hydrogens (primary N) is 1. The van der Waals surface area contributed by atoms with Crippen LogP contribution in [0.2, 0.25) is 0 Å². The molecule has 1 saturated heterocycles. The van der Waals surface area contributed by atoms with Crippen molar-refractivity contribution in [3.8, 4) is 5.69 Å². The van der Waals surface area contributed by atoms with Crippen LogP contribution in [0, 0.1) is 23.4 Å². The largest absolute Gasteiger partial charge is 0.361 e. The van der Waals surface area contributed by atoms with Gasteiger partial charge >= 0.3 is 0 Å². The molecule has 1 aliphatic heterocycles. The van der Waals surface area contributed by atoms with Crippen LogP contribution in [0.15, 0.2) is 42.7 Å². The van der Waals surface area contributed by atoms with Gasteiger partial charge in [-0.3, -0.25) is 4.57 Å². The number of nitrogens with zero attached hydrogens (tertiary/aromatic N) is 6. The summed E-state index contributed by atoms with van der Waals surface area (Å²) in [5.74, 6) is -0.493. The van der Waals surface area contributed by atoms with Gasteiger partial charge in [-0.1, -0.05) is 6.07 Å². The smallest absolute Gasteiger partial charge is 0.229 e.